The summed E-state index contributed by atoms with van der Waals surface area (Å²) in [7, 11) is 1.35. The van der Waals surface area contributed by atoms with Gasteiger partial charge in [0.25, 0.3) is 0 Å². The number of rotatable bonds is 4. The lowest BCUT2D eigenvalue weighted by Gasteiger charge is -2.35. The Hall–Kier alpha value is -1.33. The van der Waals surface area contributed by atoms with Gasteiger partial charge in [0.2, 0.25) is 5.76 Å². The first-order chi connectivity index (χ1) is 9.56. The Balaban J connectivity index is 2.12. The average molecular weight is 281 g/mol. The number of likely N-dealkylation sites (tertiary alicyclic amines) is 1. The maximum atomic E-state index is 11.6. The molecule has 1 aromatic rings. The fraction of sp³-hybridized carbons (Fsp3) is 0.667. The Kier molecular flexibility index (Phi) is 4.83. The lowest BCUT2D eigenvalue weighted by molar-refractivity contribution is 0.0550. The van der Waals surface area contributed by atoms with E-state index in [0.717, 1.165) is 37.3 Å². The fourth-order valence-electron chi connectivity index (χ4n) is 2.79. The summed E-state index contributed by atoms with van der Waals surface area (Å²) in [6, 6.07) is 2.00. The summed E-state index contributed by atoms with van der Waals surface area (Å²) in [5, 5.41) is 9.30. The SMILES string of the molecule is COC(=O)c1oc(C(C)N2CCCC(CO)C2)cc1C. The van der Waals surface area contributed by atoms with Crippen LogP contribution in [0, 0.1) is 12.8 Å². The van der Waals surface area contributed by atoms with E-state index in [-0.39, 0.29) is 18.4 Å². The summed E-state index contributed by atoms with van der Waals surface area (Å²) in [4.78, 5) is 13.9. The normalized spacial score (nSPS) is 21.7. The van der Waals surface area contributed by atoms with Gasteiger partial charge in [-0.3, -0.25) is 4.90 Å². The third kappa shape index (κ3) is 3.04. The van der Waals surface area contributed by atoms with Crippen molar-refractivity contribution in [3.8, 4) is 0 Å². The van der Waals surface area contributed by atoms with Gasteiger partial charge in [-0.15, -0.1) is 0 Å². The van der Waals surface area contributed by atoms with Crippen molar-refractivity contribution in [2.45, 2.75) is 32.7 Å². The highest BCUT2D eigenvalue weighted by molar-refractivity contribution is 5.87. The lowest BCUT2D eigenvalue weighted by Crippen LogP contribution is -2.38. The monoisotopic (exact) mass is 281 g/mol. The topological polar surface area (TPSA) is 62.9 Å². The van der Waals surface area contributed by atoms with Crippen LogP contribution in [-0.4, -0.2) is 42.8 Å². The van der Waals surface area contributed by atoms with Crippen LogP contribution in [0.2, 0.25) is 0 Å². The third-order valence-electron chi connectivity index (χ3n) is 4.08. The van der Waals surface area contributed by atoms with E-state index in [0.29, 0.717) is 5.92 Å². The van der Waals surface area contributed by atoms with Gasteiger partial charge >= 0.3 is 5.97 Å². The standard InChI is InChI=1S/C15H23NO4/c1-10-7-13(20-14(10)15(18)19-3)11(2)16-6-4-5-12(8-16)9-17/h7,11-12,17H,4-6,8-9H2,1-3H3. The summed E-state index contributed by atoms with van der Waals surface area (Å²) in [5.41, 5.74) is 0.800. The van der Waals surface area contributed by atoms with Gasteiger partial charge in [-0.05, 0) is 45.2 Å². The molecule has 20 heavy (non-hydrogen) atoms. The molecule has 1 N–H and O–H groups in total. The van der Waals surface area contributed by atoms with Crippen molar-refractivity contribution in [1.82, 2.24) is 4.90 Å². The minimum atomic E-state index is -0.437. The van der Waals surface area contributed by atoms with Crippen molar-refractivity contribution in [2.75, 3.05) is 26.8 Å². The van der Waals surface area contributed by atoms with Crippen LogP contribution in [0.15, 0.2) is 10.5 Å². The molecule has 0 radical (unpaired) electrons. The van der Waals surface area contributed by atoms with Gasteiger partial charge in [0.1, 0.15) is 5.76 Å². The predicted molar refractivity (Wildman–Crippen MR) is 74.6 cm³/mol. The summed E-state index contributed by atoms with van der Waals surface area (Å²) >= 11 is 0. The predicted octanol–water partition coefficient (Wildman–Crippen LogP) is 2.14. The number of hydrogen-bond donors (Lipinski definition) is 1. The number of esters is 1. The highest BCUT2D eigenvalue weighted by Crippen LogP contribution is 2.29. The van der Waals surface area contributed by atoms with Gasteiger partial charge < -0.3 is 14.3 Å². The Bertz CT molecular complexity index is 468. The number of piperidine rings is 1. The van der Waals surface area contributed by atoms with Crippen molar-refractivity contribution in [2.24, 2.45) is 5.92 Å². The number of furan rings is 1. The van der Waals surface area contributed by atoms with Gasteiger partial charge in [0.15, 0.2) is 0 Å². The molecule has 0 amide bonds. The minimum Gasteiger partial charge on any atom is -0.463 e. The summed E-state index contributed by atoms with van der Waals surface area (Å²) < 4.78 is 10.4. The molecule has 112 valence electrons. The van der Waals surface area contributed by atoms with Crippen molar-refractivity contribution < 1.29 is 19.1 Å². The molecule has 2 heterocycles. The zero-order valence-electron chi connectivity index (χ0n) is 12.4. The number of nitrogens with zero attached hydrogens (tertiary/aromatic N) is 1. The van der Waals surface area contributed by atoms with Gasteiger partial charge in [0.05, 0.1) is 13.2 Å². The summed E-state index contributed by atoms with van der Waals surface area (Å²) in [6.45, 7) is 6.00. The second-order valence-electron chi connectivity index (χ2n) is 5.51. The molecule has 2 unspecified atom stereocenters. The van der Waals surface area contributed by atoms with E-state index in [9.17, 15) is 9.90 Å². The molecule has 0 spiro atoms. The van der Waals surface area contributed by atoms with E-state index in [1.54, 1.807) is 0 Å². The third-order valence-corrected chi connectivity index (χ3v) is 4.08. The first-order valence-electron chi connectivity index (χ1n) is 7.10. The van der Waals surface area contributed by atoms with Crippen molar-refractivity contribution in [1.29, 1.82) is 0 Å². The van der Waals surface area contributed by atoms with Crippen LogP contribution in [0.5, 0.6) is 0 Å². The number of aryl methyl sites for hydroxylation is 1. The van der Waals surface area contributed by atoms with Crippen LogP contribution in [0.3, 0.4) is 0 Å². The van der Waals surface area contributed by atoms with Crippen LogP contribution >= 0.6 is 0 Å². The van der Waals surface area contributed by atoms with E-state index >= 15 is 0 Å². The van der Waals surface area contributed by atoms with Crippen LogP contribution in [0.1, 0.15) is 47.7 Å². The van der Waals surface area contributed by atoms with Crippen LogP contribution < -0.4 is 0 Å². The van der Waals surface area contributed by atoms with Gasteiger partial charge in [-0.25, -0.2) is 4.79 Å². The number of carbonyl (C=O) groups excluding carboxylic acids is 1. The van der Waals surface area contributed by atoms with E-state index in [2.05, 4.69) is 11.8 Å². The highest BCUT2D eigenvalue weighted by Gasteiger charge is 2.27. The Morgan fingerprint density at radius 2 is 2.40 bits per heavy atom. The van der Waals surface area contributed by atoms with Crippen LogP contribution in [0.4, 0.5) is 0 Å². The molecule has 1 fully saturated rings. The molecule has 1 saturated heterocycles. The molecule has 0 aliphatic carbocycles. The molecule has 0 saturated carbocycles. The molecule has 2 atom stereocenters. The van der Waals surface area contributed by atoms with Gasteiger partial charge in [-0.1, -0.05) is 0 Å². The van der Waals surface area contributed by atoms with E-state index in [1.165, 1.54) is 7.11 Å². The molecular weight excluding hydrogens is 258 g/mol. The Morgan fingerprint density at radius 3 is 3.05 bits per heavy atom. The number of aliphatic hydroxyl groups is 1. The molecule has 1 aliphatic rings. The molecule has 5 heteroatoms. The van der Waals surface area contributed by atoms with Crippen LogP contribution in [0.25, 0.3) is 0 Å². The van der Waals surface area contributed by atoms with Gasteiger partial charge in [-0.2, -0.15) is 0 Å². The maximum absolute atomic E-state index is 11.6. The lowest BCUT2D eigenvalue weighted by atomic mass is 9.97. The second kappa shape index (κ2) is 6.41. The second-order valence-corrected chi connectivity index (χ2v) is 5.51. The number of hydrogen-bond acceptors (Lipinski definition) is 5. The summed E-state index contributed by atoms with van der Waals surface area (Å²) in [6.07, 6.45) is 2.16. The quantitative estimate of drug-likeness (QED) is 0.857. The Labute approximate surface area is 119 Å². The molecule has 1 aromatic heterocycles. The number of aliphatic hydroxyl groups excluding tert-OH is 1. The van der Waals surface area contributed by atoms with Gasteiger partial charge in [0, 0.05) is 18.7 Å². The zero-order valence-corrected chi connectivity index (χ0v) is 12.4. The highest BCUT2D eigenvalue weighted by atomic mass is 16.5. The van der Waals surface area contributed by atoms with Crippen molar-refractivity contribution >= 4 is 5.97 Å². The van der Waals surface area contributed by atoms with Crippen LogP contribution in [-0.2, 0) is 4.74 Å². The Morgan fingerprint density at radius 1 is 1.65 bits per heavy atom. The minimum absolute atomic E-state index is 0.0986. The number of ether oxygens (including phenoxy) is 1. The number of methoxy groups -OCH3 is 1. The number of carbonyl (C=O) groups is 1. The van der Waals surface area contributed by atoms with E-state index in [1.807, 2.05) is 13.0 Å². The maximum Gasteiger partial charge on any atom is 0.374 e. The molecule has 1 aliphatic heterocycles. The first-order valence-corrected chi connectivity index (χ1v) is 7.10. The zero-order chi connectivity index (χ0) is 14.7. The molecule has 0 aromatic carbocycles. The van der Waals surface area contributed by atoms with Crippen molar-refractivity contribution in [3.63, 3.8) is 0 Å². The average Bonchev–Trinajstić information content (AvgIpc) is 2.87. The smallest absolute Gasteiger partial charge is 0.374 e. The van der Waals surface area contributed by atoms with Crippen molar-refractivity contribution in [3.05, 3.63) is 23.2 Å². The largest absolute Gasteiger partial charge is 0.463 e. The molecule has 0 bridgehead atoms. The summed E-state index contributed by atoms with van der Waals surface area (Å²) in [5.74, 6) is 0.960. The molecule has 2 rings (SSSR count). The van der Waals surface area contributed by atoms with E-state index in [4.69, 9.17) is 9.15 Å². The van der Waals surface area contributed by atoms with E-state index < -0.39 is 5.97 Å². The molecule has 5 nitrogen and oxygen atoms in total. The fourth-order valence-corrected chi connectivity index (χ4v) is 2.79. The first kappa shape index (κ1) is 15.1. The molecular formula is C15H23NO4.